The smallest absolute Gasteiger partial charge is 0.248 e. The third-order valence-corrected chi connectivity index (χ3v) is 8.90. The van der Waals surface area contributed by atoms with E-state index in [9.17, 15) is 14.7 Å². The number of likely N-dealkylation sites (tertiary alicyclic amines) is 1. The lowest BCUT2D eigenvalue weighted by atomic mass is 9.85. The zero-order valence-corrected chi connectivity index (χ0v) is 23.4. The zero-order chi connectivity index (χ0) is 26.9. The van der Waals surface area contributed by atoms with Crippen molar-refractivity contribution in [2.45, 2.75) is 107 Å². The first kappa shape index (κ1) is 27.1. The van der Waals surface area contributed by atoms with Gasteiger partial charge in [-0.3, -0.25) is 9.59 Å². The standard InChI is InChI=1S/C27H39N7O3S/c1-27(2,3)23(34-16-21(31-32-34)18-8-9-18)25(37)33-15-19(35)12-22(33)24(36)28-11-10-17-13-29-26(30-14-17)38-20-6-4-5-7-20/h13-14,16,18-20,22-23,35H,4-12,15H2,1-3H3,(H,28,36)/t19-,22+,23-/m1/s1. The Hall–Kier alpha value is -2.53. The molecule has 10 nitrogen and oxygen atoms in total. The van der Waals surface area contributed by atoms with Gasteiger partial charge in [-0.25, -0.2) is 14.6 Å². The van der Waals surface area contributed by atoms with Crippen molar-refractivity contribution in [2.24, 2.45) is 5.41 Å². The summed E-state index contributed by atoms with van der Waals surface area (Å²) >= 11 is 1.75. The molecule has 38 heavy (non-hydrogen) atoms. The number of carbonyl (C=O) groups excluding carboxylic acids is 2. The van der Waals surface area contributed by atoms with E-state index in [1.54, 1.807) is 16.4 Å². The summed E-state index contributed by atoms with van der Waals surface area (Å²) in [5, 5.41) is 23.4. The van der Waals surface area contributed by atoms with Gasteiger partial charge in [-0.15, -0.1) is 5.10 Å². The summed E-state index contributed by atoms with van der Waals surface area (Å²) in [6, 6.07) is -1.35. The van der Waals surface area contributed by atoms with E-state index in [2.05, 4.69) is 25.6 Å². The highest BCUT2D eigenvalue weighted by atomic mass is 32.2. The first-order valence-corrected chi connectivity index (χ1v) is 14.7. The maximum atomic E-state index is 13.8. The average molecular weight is 542 g/mol. The molecule has 1 aliphatic heterocycles. The number of hydrogen-bond acceptors (Lipinski definition) is 8. The predicted molar refractivity (Wildman–Crippen MR) is 143 cm³/mol. The van der Waals surface area contributed by atoms with E-state index in [0.717, 1.165) is 29.3 Å². The zero-order valence-electron chi connectivity index (χ0n) is 22.5. The third-order valence-electron chi connectivity index (χ3n) is 7.68. The number of nitrogens with zero attached hydrogens (tertiary/aromatic N) is 6. The van der Waals surface area contributed by atoms with Gasteiger partial charge in [0.1, 0.15) is 12.1 Å². The van der Waals surface area contributed by atoms with Crippen LogP contribution in [0.2, 0.25) is 0 Å². The molecule has 0 spiro atoms. The fourth-order valence-electron chi connectivity index (χ4n) is 5.46. The molecule has 0 unspecified atom stereocenters. The molecule has 2 aromatic rings. The molecule has 3 aliphatic rings. The molecule has 1 saturated heterocycles. The molecule has 11 heteroatoms. The predicted octanol–water partition coefficient (Wildman–Crippen LogP) is 2.89. The molecular weight excluding hydrogens is 502 g/mol. The number of rotatable bonds is 9. The van der Waals surface area contributed by atoms with Crippen molar-refractivity contribution in [2.75, 3.05) is 13.1 Å². The van der Waals surface area contributed by atoms with Crippen molar-refractivity contribution < 1.29 is 14.7 Å². The number of aromatic nitrogens is 5. The number of thioether (sulfide) groups is 1. The molecule has 3 atom stereocenters. The molecule has 3 heterocycles. The summed E-state index contributed by atoms with van der Waals surface area (Å²) in [7, 11) is 0. The lowest BCUT2D eigenvalue weighted by Crippen LogP contribution is -2.50. The van der Waals surface area contributed by atoms with E-state index < -0.39 is 23.6 Å². The first-order chi connectivity index (χ1) is 18.2. The van der Waals surface area contributed by atoms with Gasteiger partial charge in [0.05, 0.1) is 11.8 Å². The summed E-state index contributed by atoms with van der Waals surface area (Å²) in [5.74, 6) is -0.0430. The van der Waals surface area contributed by atoms with Gasteiger partial charge in [0.2, 0.25) is 11.8 Å². The van der Waals surface area contributed by atoms with Gasteiger partial charge in [-0.1, -0.05) is 50.6 Å². The molecule has 0 radical (unpaired) electrons. The summed E-state index contributed by atoms with van der Waals surface area (Å²) in [6.07, 6.45) is 12.8. The molecule has 206 valence electrons. The second kappa shape index (κ2) is 11.3. The molecule has 2 aromatic heterocycles. The van der Waals surface area contributed by atoms with Crippen LogP contribution in [0.1, 0.15) is 88.9 Å². The number of aliphatic hydroxyl groups is 1. The minimum atomic E-state index is -0.744. The van der Waals surface area contributed by atoms with Gasteiger partial charge in [0, 0.05) is 49.3 Å². The van der Waals surface area contributed by atoms with Crippen LogP contribution in [0.15, 0.2) is 23.7 Å². The van der Waals surface area contributed by atoms with Crippen LogP contribution in [0.5, 0.6) is 0 Å². The van der Waals surface area contributed by atoms with E-state index >= 15 is 0 Å². The van der Waals surface area contributed by atoms with Crippen LogP contribution in [0, 0.1) is 5.41 Å². The Morgan fingerprint density at radius 3 is 2.53 bits per heavy atom. The Morgan fingerprint density at radius 2 is 1.87 bits per heavy atom. The maximum absolute atomic E-state index is 13.8. The number of β-amino-alcohol motifs (C(OH)–C–C–N with tert-alkyl or cyclic N) is 1. The Bertz CT molecular complexity index is 1120. The topological polar surface area (TPSA) is 126 Å². The van der Waals surface area contributed by atoms with Crippen molar-refractivity contribution in [3.8, 4) is 0 Å². The molecule has 0 aromatic carbocycles. The Balaban J connectivity index is 1.19. The second-order valence-corrected chi connectivity index (χ2v) is 13.3. The van der Waals surface area contributed by atoms with Crippen molar-refractivity contribution in [1.29, 1.82) is 0 Å². The number of carbonyl (C=O) groups is 2. The van der Waals surface area contributed by atoms with E-state index in [1.807, 2.05) is 39.4 Å². The number of amides is 2. The van der Waals surface area contributed by atoms with E-state index in [1.165, 1.54) is 30.6 Å². The van der Waals surface area contributed by atoms with Crippen LogP contribution >= 0.6 is 11.8 Å². The highest BCUT2D eigenvalue weighted by Gasteiger charge is 2.45. The van der Waals surface area contributed by atoms with Gasteiger partial charge in [-0.2, -0.15) is 0 Å². The monoisotopic (exact) mass is 541 g/mol. The van der Waals surface area contributed by atoms with Crippen LogP contribution in [0.4, 0.5) is 0 Å². The van der Waals surface area contributed by atoms with Crippen LogP contribution in [0.25, 0.3) is 0 Å². The van der Waals surface area contributed by atoms with Crippen LogP contribution in [-0.4, -0.2) is 77.3 Å². The van der Waals surface area contributed by atoms with Crippen molar-refractivity contribution in [3.63, 3.8) is 0 Å². The summed E-state index contributed by atoms with van der Waals surface area (Å²) in [6.45, 7) is 6.48. The lowest BCUT2D eigenvalue weighted by Gasteiger charge is -2.34. The minimum absolute atomic E-state index is 0.127. The third kappa shape index (κ3) is 6.36. The van der Waals surface area contributed by atoms with Gasteiger partial charge >= 0.3 is 0 Å². The average Bonchev–Trinajstić information content (AvgIpc) is 3.22. The van der Waals surface area contributed by atoms with Crippen LogP contribution in [-0.2, 0) is 16.0 Å². The fourth-order valence-corrected chi connectivity index (χ4v) is 6.56. The molecule has 3 fully saturated rings. The van der Waals surface area contributed by atoms with Gasteiger partial charge in [0.25, 0.3) is 0 Å². The van der Waals surface area contributed by atoms with E-state index in [-0.39, 0.29) is 24.8 Å². The molecule has 2 N–H and O–H groups in total. The normalized spacial score (nSPS) is 23.1. The quantitative estimate of drug-likeness (QED) is 0.464. The lowest BCUT2D eigenvalue weighted by molar-refractivity contribution is -0.144. The highest BCUT2D eigenvalue weighted by molar-refractivity contribution is 7.99. The number of aliphatic hydroxyl groups excluding tert-OH is 1. The maximum Gasteiger partial charge on any atom is 0.248 e. The number of hydrogen-bond donors (Lipinski definition) is 2. The summed E-state index contributed by atoms with van der Waals surface area (Å²) in [5.41, 5.74) is 1.41. The SMILES string of the molecule is CC(C)(C)[C@@H](C(=O)N1C[C@H](O)C[C@H]1C(=O)NCCc1cnc(SC2CCCC2)nc1)n1cc(C2CC2)nn1. The minimum Gasteiger partial charge on any atom is -0.391 e. The van der Waals surface area contributed by atoms with Crippen molar-refractivity contribution in [3.05, 3.63) is 29.8 Å². The van der Waals surface area contributed by atoms with Gasteiger partial charge < -0.3 is 15.3 Å². The van der Waals surface area contributed by atoms with Gasteiger partial charge in [-0.05, 0) is 43.1 Å². The highest BCUT2D eigenvalue weighted by Crippen LogP contribution is 2.40. The Labute approximate surface area is 228 Å². The fraction of sp³-hybridized carbons (Fsp3) is 0.704. The molecule has 0 bridgehead atoms. The summed E-state index contributed by atoms with van der Waals surface area (Å²) < 4.78 is 1.64. The Morgan fingerprint density at radius 1 is 1.16 bits per heavy atom. The van der Waals surface area contributed by atoms with E-state index in [0.29, 0.717) is 24.1 Å². The molecule has 2 aliphatic carbocycles. The van der Waals surface area contributed by atoms with Crippen LogP contribution < -0.4 is 5.32 Å². The molecular formula is C27H39N7O3S. The summed E-state index contributed by atoms with van der Waals surface area (Å²) in [4.78, 5) is 37.5. The van der Waals surface area contributed by atoms with Gasteiger partial charge in [0.15, 0.2) is 5.16 Å². The van der Waals surface area contributed by atoms with E-state index in [4.69, 9.17) is 0 Å². The van der Waals surface area contributed by atoms with Crippen LogP contribution in [0.3, 0.4) is 0 Å². The second-order valence-electron chi connectivity index (χ2n) is 12.0. The van der Waals surface area contributed by atoms with Crippen molar-refractivity contribution >= 4 is 23.6 Å². The first-order valence-electron chi connectivity index (χ1n) is 13.8. The Kier molecular flexibility index (Phi) is 8.04. The molecule has 5 rings (SSSR count). The van der Waals surface area contributed by atoms with Crippen molar-refractivity contribution in [1.82, 2.24) is 35.2 Å². The molecule has 2 saturated carbocycles. The number of nitrogens with one attached hydrogen (secondary N) is 1. The largest absolute Gasteiger partial charge is 0.391 e. The molecule has 2 amide bonds.